The number of halogens is 4. The Morgan fingerprint density at radius 2 is 1.61 bits per heavy atom. The molecule has 1 unspecified atom stereocenters. The maximum Gasteiger partial charge on any atom is 0.440 e. The highest BCUT2D eigenvalue weighted by Crippen LogP contribution is 2.40. The van der Waals surface area contributed by atoms with Gasteiger partial charge in [0.25, 0.3) is 17.5 Å². The summed E-state index contributed by atoms with van der Waals surface area (Å²) in [5, 5.41) is 2.97. The van der Waals surface area contributed by atoms with Crippen molar-refractivity contribution in [1.82, 2.24) is 10.6 Å². The first kappa shape index (κ1) is 23.6. The maximum absolute atomic E-state index is 14.1. The molecule has 0 aliphatic carbocycles. The van der Waals surface area contributed by atoms with E-state index in [0.717, 1.165) is 24.3 Å². The summed E-state index contributed by atoms with van der Waals surface area (Å²) >= 11 is 0. The lowest BCUT2D eigenvalue weighted by Gasteiger charge is -2.30. The molecule has 2 aromatic rings. The van der Waals surface area contributed by atoms with Gasteiger partial charge in [0.15, 0.2) is 11.5 Å². The minimum atomic E-state index is -5.49. The number of anilines is 1. The third-order valence-electron chi connectivity index (χ3n) is 4.77. The van der Waals surface area contributed by atoms with Crippen LogP contribution in [0.2, 0.25) is 0 Å². The van der Waals surface area contributed by atoms with Crippen LogP contribution in [0.15, 0.2) is 36.4 Å². The van der Waals surface area contributed by atoms with Crippen LogP contribution in [0.4, 0.5) is 28.0 Å². The summed E-state index contributed by atoms with van der Waals surface area (Å²) < 4.78 is 71.6. The zero-order valence-corrected chi connectivity index (χ0v) is 17.4. The Morgan fingerprint density at radius 3 is 2.09 bits per heavy atom. The van der Waals surface area contributed by atoms with E-state index in [0.29, 0.717) is 0 Å². The number of carbonyl (C=O) groups excluding carboxylic acids is 3. The third kappa shape index (κ3) is 3.85. The summed E-state index contributed by atoms with van der Waals surface area (Å²) in [5.74, 6) is -4.48. The summed E-state index contributed by atoms with van der Waals surface area (Å²) in [4.78, 5) is 37.9. The molecule has 1 aliphatic rings. The number of hydrogen-bond acceptors (Lipinski definition) is 6. The first-order valence-corrected chi connectivity index (χ1v) is 9.11. The number of nitrogens with zero attached hydrogens (tertiary/aromatic N) is 1. The molecule has 4 amide bonds. The first-order valence-electron chi connectivity index (χ1n) is 9.11. The molecule has 1 heterocycles. The van der Waals surface area contributed by atoms with Crippen LogP contribution in [0.3, 0.4) is 0 Å². The van der Waals surface area contributed by atoms with Gasteiger partial charge in [0.1, 0.15) is 5.82 Å². The Morgan fingerprint density at radius 1 is 1.03 bits per heavy atom. The number of carbonyl (C=O) groups is 3. The molecule has 176 valence electrons. The minimum absolute atomic E-state index is 0.0295. The van der Waals surface area contributed by atoms with Crippen LogP contribution in [0.5, 0.6) is 17.2 Å². The molecule has 3 rings (SSSR count). The van der Waals surface area contributed by atoms with E-state index in [1.807, 2.05) is 0 Å². The molecule has 2 aromatic carbocycles. The molecule has 1 atom stereocenters. The van der Waals surface area contributed by atoms with Gasteiger partial charge in [0.05, 0.1) is 27.0 Å². The highest BCUT2D eigenvalue weighted by molar-refractivity contribution is 6.24. The highest BCUT2D eigenvalue weighted by Gasteiger charge is 2.69. The largest absolute Gasteiger partial charge is 0.493 e. The van der Waals surface area contributed by atoms with E-state index in [2.05, 4.69) is 0 Å². The summed E-state index contributed by atoms with van der Waals surface area (Å²) in [6, 6.07) is 4.78. The Labute approximate surface area is 184 Å². The van der Waals surface area contributed by atoms with Gasteiger partial charge in [-0.2, -0.15) is 13.2 Å². The number of amides is 4. The molecule has 1 saturated heterocycles. The van der Waals surface area contributed by atoms with E-state index in [4.69, 9.17) is 14.2 Å². The van der Waals surface area contributed by atoms with Gasteiger partial charge in [0, 0.05) is 5.56 Å². The van der Waals surface area contributed by atoms with Gasteiger partial charge in [-0.3, -0.25) is 14.9 Å². The molecule has 13 heteroatoms. The van der Waals surface area contributed by atoms with Crippen LogP contribution in [0, 0.1) is 5.82 Å². The van der Waals surface area contributed by atoms with Gasteiger partial charge in [-0.1, -0.05) is 12.1 Å². The number of urea groups is 1. The number of alkyl halides is 3. The predicted octanol–water partition coefficient (Wildman–Crippen LogP) is 2.60. The quantitative estimate of drug-likeness (QED) is 0.496. The van der Waals surface area contributed by atoms with Crippen LogP contribution in [0.1, 0.15) is 10.4 Å². The van der Waals surface area contributed by atoms with Crippen LogP contribution in [0.25, 0.3) is 0 Å². The molecule has 0 aromatic heterocycles. The van der Waals surface area contributed by atoms with Crippen LogP contribution in [-0.2, 0) is 4.79 Å². The Hall–Kier alpha value is -4.03. The van der Waals surface area contributed by atoms with E-state index in [-0.39, 0.29) is 22.1 Å². The molecule has 0 radical (unpaired) electrons. The lowest BCUT2D eigenvalue weighted by molar-refractivity contribution is -0.197. The van der Waals surface area contributed by atoms with Gasteiger partial charge in [-0.15, -0.1) is 0 Å². The second-order valence-corrected chi connectivity index (χ2v) is 6.64. The van der Waals surface area contributed by atoms with Gasteiger partial charge in [0.2, 0.25) is 5.75 Å². The van der Waals surface area contributed by atoms with Crippen molar-refractivity contribution in [3.8, 4) is 17.2 Å². The standard InChI is InChI=1S/C20H17F4N3O6/c1-31-13-8-10(9-14(32-2)15(13)33-3)16(28)25-19(20(22,23)24)17(29)27(18(30)26-19)12-7-5-4-6-11(12)21/h4-9H,1-3H3,(H,25,28)(H,26,30). The van der Waals surface area contributed by atoms with Crippen molar-refractivity contribution in [2.45, 2.75) is 11.8 Å². The van der Waals surface area contributed by atoms with Gasteiger partial charge in [-0.05, 0) is 24.3 Å². The third-order valence-corrected chi connectivity index (χ3v) is 4.77. The molecule has 0 saturated carbocycles. The van der Waals surface area contributed by atoms with Gasteiger partial charge in [-0.25, -0.2) is 14.1 Å². The summed E-state index contributed by atoms with van der Waals surface area (Å²) in [7, 11) is 3.73. The molecule has 9 nitrogen and oxygen atoms in total. The van der Waals surface area contributed by atoms with E-state index in [1.54, 1.807) is 0 Å². The molecule has 0 spiro atoms. The molecular weight excluding hydrogens is 454 g/mol. The van der Waals surface area contributed by atoms with E-state index in [1.165, 1.54) is 44.1 Å². The first-order chi connectivity index (χ1) is 15.5. The Balaban J connectivity index is 2.06. The van der Waals surface area contributed by atoms with Crippen molar-refractivity contribution in [1.29, 1.82) is 0 Å². The summed E-state index contributed by atoms with van der Waals surface area (Å²) in [5.41, 5.74) is -4.98. The van der Waals surface area contributed by atoms with Gasteiger partial charge < -0.3 is 19.5 Å². The van der Waals surface area contributed by atoms with Crippen molar-refractivity contribution in [3.05, 3.63) is 47.8 Å². The smallest absolute Gasteiger partial charge is 0.440 e. The predicted molar refractivity (Wildman–Crippen MR) is 105 cm³/mol. The molecule has 0 bridgehead atoms. The topological polar surface area (TPSA) is 106 Å². The number of hydrogen-bond donors (Lipinski definition) is 2. The Bertz CT molecular complexity index is 1100. The van der Waals surface area contributed by atoms with Crippen molar-refractivity contribution in [2.24, 2.45) is 0 Å². The van der Waals surface area contributed by atoms with Crippen molar-refractivity contribution < 1.29 is 46.2 Å². The number of imide groups is 1. The average molecular weight is 471 g/mol. The van der Waals surface area contributed by atoms with Crippen LogP contribution in [-0.4, -0.2) is 51.0 Å². The number of methoxy groups -OCH3 is 3. The minimum Gasteiger partial charge on any atom is -0.493 e. The Kier molecular flexibility index (Phi) is 6.07. The monoisotopic (exact) mass is 471 g/mol. The second kappa shape index (κ2) is 8.48. The highest BCUT2D eigenvalue weighted by atomic mass is 19.4. The van der Waals surface area contributed by atoms with Crippen molar-refractivity contribution >= 4 is 23.5 Å². The number of para-hydroxylation sites is 1. The number of rotatable bonds is 6. The molecule has 1 fully saturated rings. The normalized spacial score (nSPS) is 18.1. The zero-order valence-electron chi connectivity index (χ0n) is 17.4. The SMILES string of the molecule is COc1cc(C(=O)NC2(C(F)(F)F)NC(=O)N(c3ccccc3F)C2=O)cc(OC)c1OC. The van der Waals surface area contributed by atoms with Crippen molar-refractivity contribution in [2.75, 3.05) is 26.2 Å². The van der Waals surface area contributed by atoms with Crippen LogP contribution >= 0.6 is 0 Å². The molecular formula is C20H17F4N3O6. The summed E-state index contributed by atoms with van der Waals surface area (Å²) in [6.07, 6.45) is -5.49. The zero-order chi connectivity index (χ0) is 24.6. The number of nitrogens with one attached hydrogen (secondary N) is 2. The fourth-order valence-corrected chi connectivity index (χ4v) is 3.18. The summed E-state index contributed by atoms with van der Waals surface area (Å²) in [6.45, 7) is 0. The molecule has 2 N–H and O–H groups in total. The maximum atomic E-state index is 14.1. The number of benzene rings is 2. The lowest BCUT2D eigenvalue weighted by atomic mass is 10.1. The van der Waals surface area contributed by atoms with E-state index < -0.39 is 46.8 Å². The van der Waals surface area contributed by atoms with E-state index in [9.17, 15) is 31.9 Å². The van der Waals surface area contributed by atoms with Gasteiger partial charge >= 0.3 is 12.2 Å². The fourth-order valence-electron chi connectivity index (χ4n) is 3.18. The number of ether oxygens (including phenoxy) is 3. The lowest BCUT2D eigenvalue weighted by Crippen LogP contribution is -2.69. The molecule has 33 heavy (non-hydrogen) atoms. The molecule has 1 aliphatic heterocycles. The second-order valence-electron chi connectivity index (χ2n) is 6.64. The van der Waals surface area contributed by atoms with Crippen molar-refractivity contribution in [3.63, 3.8) is 0 Å². The van der Waals surface area contributed by atoms with Crippen LogP contribution < -0.4 is 29.7 Å². The fraction of sp³-hybridized carbons (Fsp3) is 0.250. The van der Waals surface area contributed by atoms with E-state index >= 15 is 0 Å². The average Bonchev–Trinajstić information content (AvgIpc) is 3.03.